The molecule has 1 aromatic heterocycles. The molecule has 9 nitrogen and oxygen atoms in total. The van der Waals surface area contributed by atoms with E-state index >= 15 is 0 Å². The van der Waals surface area contributed by atoms with Crippen molar-refractivity contribution in [2.45, 2.75) is 63.6 Å². The molecule has 3 rings (SSSR count). The van der Waals surface area contributed by atoms with E-state index in [0.717, 1.165) is 44.1 Å². The molecule has 3 aromatic rings. The molecule has 3 N–H and O–H groups in total. The molecule has 0 aliphatic carbocycles. The third-order valence-electron chi connectivity index (χ3n) is 6.41. The second-order valence-electron chi connectivity index (χ2n) is 9.48. The standard InChI is InChI=1S/C30H37NO8/c32-26(33)21-39-28(30(35)36)27(38-17-8-2-4-10-23-15-18-37-20-23)29(34)31-16-7-1-3-9-22-13-14-24-11-5-6-12-25(24)19-22/h5-6,11-15,18-20,27-28H,1-4,7-10,16-17,21H2,(H,31,34)(H,32,33)(H,35,36). The summed E-state index contributed by atoms with van der Waals surface area (Å²) in [6, 6.07) is 16.6. The number of carbonyl (C=O) groups is 3. The summed E-state index contributed by atoms with van der Waals surface area (Å²) in [4.78, 5) is 35.5. The van der Waals surface area contributed by atoms with E-state index in [-0.39, 0.29) is 6.61 Å². The number of amides is 1. The molecule has 0 fully saturated rings. The third kappa shape index (κ3) is 10.5. The molecule has 0 aliphatic rings. The third-order valence-corrected chi connectivity index (χ3v) is 6.41. The number of hydrogen-bond donors (Lipinski definition) is 3. The first-order valence-electron chi connectivity index (χ1n) is 13.4. The molecule has 9 heteroatoms. The Hall–Kier alpha value is -3.69. The van der Waals surface area contributed by atoms with Gasteiger partial charge in [0.15, 0.2) is 12.2 Å². The van der Waals surface area contributed by atoms with E-state index in [0.29, 0.717) is 19.4 Å². The van der Waals surface area contributed by atoms with Crippen molar-refractivity contribution in [1.29, 1.82) is 0 Å². The lowest BCUT2D eigenvalue weighted by Gasteiger charge is -2.23. The molecule has 0 aliphatic heterocycles. The summed E-state index contributed by atoms with van der Waals surface area (Å²) in [5.41, 5.74) is 2.36. The average molecular weight is 540 g/mol. The summed E-state index contributed by atoms with van der Waals surface area (Å²) in [7, 11) is 0. The zero-order chi connectivity index (χ0) is 27.9. The highest BCUT2D eigenvalue weighted by molar-refractivity contribution is 5.88. The van der Waals surface area contributed by atoms with Gasteiger partial charge in [0.1, 0.15) is 6.61 Å². The highest BCUT2D eigenvalue weighted by Crippen LogP contribution is 2.17. The molecule has 39 heavy (non-hydrogen) atoms. The molecule has 0 spiro atoms. The highest BCUT2D eigenvalue weighted by atomic mass is 16.6. The molecule has 0 saturated carbocycles. The maximum Gasteiger partial charge on any atom is 0.336 e. The van der Waals surface area contributed by atoms with Gasteiger partial charge in [0.25, 0.3) is 5.91 Å². The number of aryl methyl sites for hydroxylation is 2. The quantitative estimate of drug-likeness (QED) is 0.188. The van der Waals surface area contributed by atoms with Crippen molar-refractivity contribution in [3.63, 3.8) is 0 Å². The van der Waals surface area contributed by atoms with E-state index in [1.54, 1.807) is 12.5 Å². The number of unbranched alkanes of at least 4 members (excludes halogenated alkanes) is 4. The van der Waals surface area contributed by atoms with E-state index in [4.69, 9.17) is 19.0 Å². The van der Waals surface area contributed by atoms with Gasteiger partial charge >= 0.3 is 11.9 Å². The van der Waals surface area contributed by atoms with Gasteiger partial charge in [-0.3, -0.25) is 4.79 Å². The van der Waals surface area contributed by atoms with Crippen LogP contribution >= 0.6 is 0 Å². The number of aliphatic carboxylic acids is 2. The number of hydrogen-bond acceptors (Lipinski definition) is 6. The zero-order valence-corrected chi connectivity index (χ0v) is 22.1. The second kappa shape index (κ2) is 16.3. The first kappa shape index (κ1) is 29.9. The summed E-state index contributed by atoms with van der Waals surface area (Å²) >= 11 is 0. The number of fused-ring (bicyclic) bond motifs is 1. The van der Waals surface area contributed by atoms with Gasteiger partial charge < -0.3 is 29.4 Å². The predicted molar refractivity (Wildman–Crippen MR) is 146 cm³/mol. The van der Waals surface area contributed by atoms with Crippen LogP contribution in [0.25, 0.3) is 10.8 Å². The number of benzene rings is 2. The van der Waals surface area contributed by atoms with Gasteiger partial charge in [-0.25, -0.2) is 9.59 Å². The number of carbonyl (C=O) groups excluding carboxylic acids is 1. The van der Waals surface area contributed by atoms with Gasteiger partial charge in [-0.05, 0) is 66.5 Å². The van der Waals surface area contributed by atoms with Gasteiger partial charge in [-0.2, -0.15) is 0 Å². The van der Waals surface area contributed by atoms with Crippen LogP contribution in [0.3, 0.4) is 0 Å². The van der Waals surface area contributed by atoms with Crippen LogP contribution in [0, 0.1) is 0 Å². The van der Waals surface area contributed by atoms with Crippen molar-refractivity contribution in [3.8, 4) is 0 Å². The van der Waals surface area contributed by atoms with Gasteiger partial charge in [-0.15, -0.1) is 0 Å². The Morgan fingerprint density at radius 2 is 1.54 bits per heavy atom. The average Bonchev–Trinajstić information content (AvgIpc) is 3.44. The first-order chi connectivity index (χ1) is 18.9. The monoisotopic (exact) mass is 539 g/mol. The van der Waals surface area contributed by atoms with E-state index in [2.05, 4.69) is 35.6 Å². The molecule has 1 heterocycles. The lowest BCUT2D eigenvalue weighted by atomic mass is 10.0. The normalized spacial score (nSPS) is 12.7. The van der Waals surface area contributed by atoms with Crippen LogP contribution in [0.15, 0.2) is 65.5 Å². The van der Waals surface area contributed by atoms with Crippen molar-refractivity contribution < 1.29 is 38.5 Å². The van der Waals surface area contributed by atoms with Gasteiger partial charge in [0.05, 0.1) is 12.5 Å². The fourth-order valence-corrected chi connectivity index (χ4v) is 4.34. The van der Waals surface area contributed by atoms with Crippen LogP contribution in [0.5, 0.6) is 0 Å². The van der Waals surface area contributed by atoms with Crippen LogP contribution in [0.4, 0.5) is 0 Å². The van der Waals surface area contributed by atoms with Crippen LogP contribution in [-0.4, -0.2) is 60.0 Å². The Morgan fingerprint density at radius 1 is 0.795 bits per heavy atom. The van der Waals surface area contributed by atoms with Crippen molar-refractivity contribution in [3.05, 3.63) is 72.2 Å². The second-order valence-corrected chi connectivity index (χ2v) is 9.48. The number of carboxylic acid groups (broad SMARTS) is 2. The first-order valence-corrected chi connectivity index (χ1v) is 13.4. The molecule has 2 aromatic carbocycles. The Kier molecular flexibility index (Phi) is 12.5. The van der Waals surface area contributed by atoms with Gasteiger partial charge in [0.2, 0.25) is 0 Å². The zero-order valence-electron chi connectivity index (χ0n) is 22.1. The molecule has 2 atom stereocenters. The van der Waals surface area contributed by atoms with Gasteiger partial charge in [0, 0.05) is 13.2 Å². The Labute approximate surface area is 228 Å². The smallest absolute Gasteiger partial charge is 0.336 e. The molecule has 0 bridgehead atoms. The molecule has 1 amide bonds. The summed E-state index contributed by atoms with van der Waals surface area (Å²) < 4.78 is 15.7. The SMILES string of the molecule is O=C(O)COC(C(=O)O)C(OCCCCCc1ccoc1)C(=O)NCCCCCc1ccc2ccccc2c1. The van der Waals surface area contributed by atoms with E-state index in [1.165, 1.54) is 16.3 Å². The molecular weight excluding hydrogens is 502 g/mol. The number of nitrogens with one attached hydrogen (secondary N) is 1. The summed E-state index contributed by atoms with van der Waals surface area (Å²) in [5.74, 6) is -3.40. The lowest BCUT2D eigenvalue weighted by Crippen LogP contribution is -2.49. The van der Waals surface area contributed by atoms with Crippen LogP contribution in [0.2, 0.25) is 0 Å². The highest BCUT2D eigenvalue weighted by Gasteiger charge is 2.36. The van der Waals surface area contributed by atoms with Crippen molar-refractivity contribution in [2.75, 3.05) is 19.8 Å². The lowest BCUT2D eigenvalue weighted by molar-refractivity contribution is -0.172. The van der Waals surface area contributed by atoms with E-state index in [1.807, 2.05) is 18.2 Å². The molecule has 210 valence electrons. The Morgan fingerprint density at radius 3 is 2.26 bits per heavy atom. The van der Waals surface area contributed by atoms with Crippen molar-refractivity contribution >= 4 is 28.6 Å². The van der Waals surface area contributed by atoms with E-state index < -0.39 is 36.7 Å². The van der Waals surface area contributed by atoms with Crippen LogP contribution in [-0.2, 0) is 36.7 Å². The molecule has 0 radical (unpaired) electrons. The number of rotatable bonds is 19. The van der Waals surface area contributed by atoms with Crippen LogP contribution < -0.4 is 5.32 Å². The molecular formula is C30H37NO8. The molecule has 2 unspecified atom stereocenters. The summed E-state index contributed by atoms with van der Waals surface area (Å²) in [5, 5.41) is 23.6. The van der Waals surface area contributed by atoms with Gasteiger partial charge in [-0.1, -0.05) is 55.3 Å². The minimum Gasteiger partial charge on any atom is -0.480 e. The minimum atomic E-state index is -1.72. The molecule has 0 saturated heterocycles. The summed E-state index contributed by atoms with van der Waals surface area (Å²) in [6.45, 7) is -0.342. The summed E-state index contributed by atoms with van der Waals surface area (Å²) in [6.07, 6.45) is 6.77. The van der Waals surface area contributed by atoms with Crippen molar-refractivity contribution in [2.24, 2.45) is 0 Å². The fourth-order valence-electron chi connectivity index (χ4n) is 4.34. The number of ether oxygens (including phenoxy) is 2. The minimum absolute atomic E-state index is 0.148. The topological polar surface area (TPSA) is 135 Å². The van der Waals surface area contributed by atoms with E-state index in [9.17, 15) is 19.5 Å². The number of furan rings is 1. The number of carboxylic acids is 2. The fraction of sp³-hybridized carbons (Fsp3) is 0.433. The maximum absolute atomic E-state index is 12.9. The van der Waals surface area contributed by atoms with Crippen molar-refractivity contribution in [1.82, 2.24) is 5.32 Å². The Balaban J connectivity index is 1.42. The Bertz CT molecular complexity index is 1180. The van der Waals surface area contributed by atoms with Crippen LogP contribution in [0.1, 0.15) is 49.7 Å². The predicted octanol–water partition coefficient (Wildman–Crippen LogP) is 4.61. The largest absolute Gasteiger partial charge is 0.480 e. The maximum atomic E-state index is 12.9.